The summed E-state index contributed by atoms with van der Waals surface area (Å²) in [6, 6.07) is 13.3. The fourth-order valence-corrected chi connectivity index (χ4v) is 4.52. The third kappa shape index (κ3) is 6.34. The summed E-state index contributed by atoms with van der Waals surface area (Å²) in [6.07, 6.45) is 1.33. The summed E-state index contributed by atoms with van der Waals surface area (Å²) in [6.45, 7) is 5.39. The van der Waals surface area contributed by atoms with Crippen molar-refractivity contribution in [2.45, 2.75) is 38.1 Å². The van der Waals surface area contributed by atoms with Crippen LogP contribution < -0.4 is 18.9 Å². The van der Waals surface area contributed by atoms with Crippen LogP contribution >= 0.6 is 0 Å². The van der Waals surface area contributed by atoms with E-state index < -0.39 is 11.5 Å². The van der Waals surface area contributed by atoms with Gasteiger partial charge < -0.3 is 23.8 Å². The summed E-state index contributed by atoms with van der Waals surface area (Å²) >= 11 is 0. The number of hydrogen-bond acceptors (Lipinski definition) is 7. The molecule has 0 bridgehead atoms. The number of hydrogen-bond donors (Lipinski definition) is 0. The standard InChI is InChI=1S/C27H37N5O4/c1-19(2)27(18-28,21-9-11-23(34-5)25(17-21)36-7)26(30-31-29)13-15-32(3)14-12-20-8-10-22(33-4)24(16-20)35-6/h8-11,16-17,19,26H,12-15H2,1-7H3. The molecule has 2 atom stereocenters. The van der Waals surface area contributed by atoms with Crippen molar-refractivity contribution < 1.29 is 18.9 Å². The van der Waals surface area contributed by atoms with Crippen LogP contribution in [0, 0.1) is 17.2 Å². The lowest BCUT2D eigenvalue weighted by molar-refractivity contribution is 0.264. The highest BCUT2D eigenvalue weighted by Gasteiger charge is 2.44. The molecule has 0 heterocycles. The molecule has 36 heavy (non-hydrogen) atoms. The highest BCUT2D eigenvalue weighted by Crippen LogP contribution is 2.42. The van der Waals surface area contributed by atoms with Crippen molar-refractivity contribution in [2.75, 3.05) is 48.6 Å². The van der Waals surface area contributed by atoms with Crippen LogP contribution in [0.1, 0.15) is 31.4 Å². The van der Waals surface area contributed by atoms with Crippen LogP contribution in [0.15, 0.2) is 41.5 Å². The number of ether oxygens (including phenoxy) is 4. The Morgan fingerprint density at radius 1 is 0.944 bits per heavy atom. The van der Waals surface area contributed by atoms with E-state index in [-0.39, 0.29) is 5.92 Å². The number of nitriles is 1. The minimum Gasteiger partial charge on any atom is -0.493 e. The van der Waals surface area contributed by atoms with Crippen LogP contribution in [0.25, 0.3) is 10.4 Å². The normalized spacial score (nSPS) is 13.3. The molecule has 194 valence electrons. The zero-order chi connectivity index (χ0) is 26.7. The summed E-state index contributed by atoms with van der Waals surface area (Å²) in [5.74, 6) is 2.39. The quantitative estimate of drug-likeness (QED) is 0.197. The number of rotatable bonds is 14. The highest BCUT2D eigenvalue weighted by molar-refractivity contribution is 5.48. The maximum absolute atomic E-state index is 10.5. The smallest absolute Gasteiger partial charge is 0.161 e. The fourth-order valence-electron chi connectivity index (χ4n) is 4.52. The van der Waals surface area contributed by atoms with Crippen LogP contribution in [0.2, 0.25) is 0 Å². The third-order valence-electron chi connectivity index (χ3n) is 6.69. The number of azide groups is 1. The van der Waals surface area contributed by atoms with Crippen molar-refractivity contribution in [1.82, 2.24) is 4.90 Å². The van der Waals surface area contributed by atoms with Crippen LogP contribution in [-0.2, 0) is 11.8 Å². The molecule has 0 aliphatic rings. The first-order valence-electron chi connectivity index (χ1n) is 11.9. The summed E-state index contributed by atoms with van der Waals surface area (Å²) in [7, 11) is 8.39. The first-order valence-corrected chi connectivity index (χ1v) is 11.9. The Morgan fingerprint density at radius 2 is 1.53 bits per heavy atom. The van der Waals surface area contributed by atoms with Gasteiger partial charge in [-0.1, -0.05) is 31.1 Å². The molecule has 9 heteroatoms. The Bertz CT molecular complexity index is 1090. The highest BCUT2D eigenvalue weighted by atomic mass is 16.5. The van der Waals surface area contributed by atoms with Crippen LogP contribution in [-0.4, -0.2) is 59.5 Å². The molecule has 0 aliphatic heterocycles. The summed E-state index contributed by atoms with van der Waals surface area (Å²) < 4.78 is 21.6. The van der Waals surface area contributed by atoms with Crippen molar-refractivity contribution in [3.63, 3.8) is 0 Å². The van der Waals surface area contributed by atoms with E-state index in [1.165, 1.54) is 0 Å². The lowest BCUT2D eigenvalue weighted by atomic mass is 9.67. The number of likely N-dealkylation sites (N-methyl/N-ethyl adjacent to an activating group) is 1. The number of methoxy groups -OCH3 is 4. The van der Waals surface area contributed by atoms with Gasteiger partial charge in [0.2, 0.25) is 0 Å². The maximum atomic E-state index is 10.5. The zero-order valence-electron chi connectivity index (χ0n) is 22.3. The minimum absolute atomic E-state index is 0.117. The van der Waals surface area contributed by atoms with E-state index in [2.05, 4.69) is 21.0 Å². The van der Waals surface area contributed by atoms with Gasteiger partial charge in [0.15, 0.2) is 23.0 Å². The molecule has 0 aromatic heterocycles. The second-order valence-electron chi connectivity index (χ2n) is 8.96. The van der Waals surface area contributed by atoms with Gasteiger partial charge in [0, 0.05) is 11.5 Å². The molecule has 0 N–H and O–H groups in total. The minimum atomic E-state index is -1.03. The molecule has 0 saturated carbocycles. The van der Waals surface area contributed by atoms with Crippen LogP contribution in [0.3, 0.4) is 0 Å². The van der Waals surface area contributed by atoms with Crippen molar-refractivity contribution in [1.29, 1.82) is 5.26 Å². The second kappa shape index (κ2) is 13.5. The summed E-state index contributed by atoms with van der Waals surface area (Å²) in [5, 5.41) is 14.6. The Labute approximate surface area is 214 Å². The molecule has 2 unspecified atom stereocenters. The predicted molar refractivity (Wildman–Crippen MR) is 140 cm³/mol. The monoisotopic (exact) mass is 495 g/mol. The van der Waals surface area contributed by atoms with Gasteiger partial charge in [-0.3, -0.25) is 0 Å². The van der Waals surface area contributed by atoms with Crippen LogP contribution in [0.4, 0.5) is 0 Å². The lowest BCUT2D eigenvalue weighted by Gasteiger charge is -2.37. The average molecular weight is 496 g/mol. The van der Waals surface area contributed by atoms with Crippen molar-refractivity contribution >= 4 is 0 Å². The van der Waals surface area contributed by atoms with Gasteiger partial charge in [0.1, 0.15) is 0 Å². The average Bonchev–Trinajstić information content (AvgIpc) is 2.90. The van der Waals surface area contributed by atoms with E-state index in [1.807, 2.05) is 51.2 Å². The molecular formula is C27H37N5O4. The topological polar surface area (TPSA) is 113 Å². The second-order valence-corrected chi connectivity index (χ2v) is 8.96. The Hall–Kier alpha value is -3.60. The molecular weight excluding hydrogens is 458 g/mol. The lowest BCUT2D eigenvalue weighted by Crippen LogP contribution is -2.43. The van der Waals surface area contributed by atoms with Crippen molar-refractivity contribution in [2.24, 2.45) is 11.0 Å². The van der Waals surface area contributed by atoms with Gasteiger partial charge in [-0.15, -0.1) is 0 Å². The van der Waals surface area contributed by atoms with Gasteiger partial charge in [0.05, 0.1) is 46.0 Å². The van der Waals surface area contributed by atoms with E-state index in [0.29, 0.717) is 36.0 Å². The van der Waals surface area contributed by atoms with Crippen molar-refractivity contribution in [3.05, 3.63) is 58.0 Å². The Balaban J connectivity index is 2.23. The molecule has 9 nitrogen and oxygen atoms in total. The van der Waals surface area contributed by atoms with Gasteiger partial charge >= 0.3 is 0 Å². The molecule has 0 fully saturated rings. The Morgan fingerprint density at radius 3 is 2.06 bits per heavy atom. The third-order valence-corrected chi connectivity index (χ3v) is 6.69. The van der Waals surface area contributed by atoms with Gasteiger partial charge in [-0.25, -0.2) is 0 Å². The maximum Gasteiger partial charge on any atom is 0.161 e. The van der Waals surface area contributed by atoms with Gasteiger partial charge in [0.25, 0.3) is 0 Å². The van der Waals surface area contributed by atoms with E-state index >= 15 is 0 Å². The molecule has 0 spiro atoms. The van der Waals surface area contributed by atoms with Gasteiger partial charge in [-0.05, 0) is 73.3 Å². The summed E-state index contributed by atoms with van der Waals surface area (Å²) in [5.41, 5.74) is 10.2. The van der Waals surface area contributed by atoms with Crippen molar-refractivity contribution in [3.8, 4) is 29.1 Å². The zero-order valence-corrected chi connectivity index (χ0v) is 22.3. The van der Waals surface area contributed by atoms with E-state index in [4.69, 9.17) is 18.9 Å². The Kier molecular flexibility index (Phi) is 10.7. The fraction of sp³-hybridized carbons (Fsp3) is 0.519. The SMILES string of the molecule is COc1ccc(CCN(C)CCC(N=[N+]=[N-])C(C#N)(c2ccc(OC)c(OC)c2)C(C)C)cc1OC. The molecule has 2 aromatic carbocycles. The van der Waals surface area contributed by atoms with E-state index in [1.54, 1.807) is 34.5 Å². The molecule has 2 rings (SSSR count). The summed E-state index contributed by atoms with van der Waals surface area (Å²) in [4.78, 5) is 5.29. The predicted octanol–water partition coefficient (Wildman–Crippen LogP) is 5.38. The molecule has 0 saturated heterocycles. The van der Waals surface area contributed by atoms with E-state index in [0.717, 1.165) is 24.1 Å². The number of nitrogens with zero attached hydrogens (tertiary/aromatic N) is 5. The molecule has 0 radical (unpaired) electrons. The first kappa shape index (κ1) is 28.6. The van der Waals surface area contributed by atoms with Crippen LogP contribution in [0.5, 0.6) is 23.0 Å². The number of benzene rings is 2. The molecule has 2 aromatic rings. The molecule has 0 aliphatic carbocycles. The van der Waals surface area contributed by atoms with Gasteiger partial charge in [-0.2, -0.15) is 5.26 Å². The molecule has 0 amide bonds. The first-order chi connectivity index (χ1) is 17.3. The largest absolute Gasteiger partial charge is 0.493 e. The van der Waals surface area contributed by atoms with E-state index in [9.17, 15) is 10.8 Å².